The Kier molecular flexibility index (Phi) is 4.34. The predicted octanol–water partition coefficient (Wildman–Crippen LogP) is 3.57. The second-order valence-corrected chi connectivity index (χ2v) is 5.78. The average Bonchev–Trinajstić information content (AvgIpc) is 2.75. The first kappa shape index (κ1) is 12.8. The van der Waals surface area contributed by atoms with Crippen molar-refractivity contribution in [2.75, 3.05) is 0 Å². The molecule has 1 atom stereocenters. The summed E-state index contributed by atoms with van der Waals surface area (Å²) < 4.78 is 1.13. The van der Waals surface area contributed by atoms with E-state index >= 15 is 0 Å². The molecule has 2 rings (SSSR count). The van der Waals surface area contributed by atoms with Crippen molar-refractivity contribution in [2.45, 2.75) is 19.4 Å². The molecular formula is C13H15BrN2S. The van der Waals surface area contributed by atoms with Crippen LogP contribution in [0.3, 0.4) is 0 Å². The lowest BCUT2D eigenvalue weighted by molar-refractivity contribution is 0.557. The third-order valence-corrected chi connectivity index (χ3v) is 4.71. The van der Waals surface area contributed by atoms with Crippen LogP contribution in [0, 0.1) is 6.92 Å². The van der Waals surface area contributed by atoms with Crippen LogP contribution in [0.2, 0.25) is 0 Å². The van der Waals surface area contributed by atoms with Gasteiger partial charge in [0.2, 0.25) is 0 Å². The van der Waals surface area contributed by atoms with Crippen molar-refractivity contribution >= 4 is 27.3 Å². The van der Waals surface area contributed by atoms with Gasteiger partial charge in [0, 0.05) is 9.35 Å². The van der Waals surface area contributed by atoms with Gasteiger partial charge in [0.15, 0.2) is 0 Å². The van der Waals surface area contributed by atoms with Gasteiger partial charge in [0.25, 0.3) is 0 Å². The van der Waals surface area contributed by atoms with Gasteiger partial charge in [0.1, 0.15) is 0 Å². The fraction of sp³-hybridized carbons (Fsp3) is 0.231. The van der Waals surface area contributed by atoms with Crippen LogP contribution in [0.15, 0.2) is 40.2 Å². The Balaban J connectivity index is 2.22. The van der Waals surface area contributed by atoms with E-state index in [2.05, 4.69) is 57.9 Å². The molecule has 0 aliphatic rings. The van der Waals surface area contributed by atoms with Gasteiger partial charge < -0.3 is 0 Å². The molecule has 4 heteroatoms. The average molecular weight is 311 g/mol. The van der Waals surface area contributed by atoms with Crippen molar-refractivity contribution < 1.29 is 0 Å². The molecular weight excluding hydrogens is 296 g/mol. The first-order chi connectivity index (χ1) is 8.22. The largest absolute Gasteiger partial charge is 0.271 e. The summed E-state index contributed by atoms with van der Waals surface area (Å²) in [5.41, 5.74) is 5.47. The molecule has 0 saturated carbocycles. The van der Waals surface area contributed by atoms with Gasteiger partial charge >= 0.3 is 0 Å². The van der Waals surface area contributed by atoms with Crippen LogP contribution in [-0.2, 0) is 6.42 Å². The Bertz CT molecular complexity index is 496. The smallest absolute Gasteiger partial charge is 0.0596 e. The highest BCUT2D eigenvalue weighted by molar-refractivity contribution is 9.10. The van der Waals surface area contributed by atoms with E-state index in [4.69, 9.17) is 5.84 Å². The number of hydrogen-bond donors (Lipinski definition) is 2. The van der Waals surface area contributed by atoms with Crippen molar-refractivity contribution in [1.29, 1.82) is 0 Å². The lowest BCUT2D eigenvalue weighted by Gasteiger charge is -2.16. The lowest BCUT2D eigenvalue weighted by Crippen LogP contribution is -2.29. The SMILES string of the molecule is Cc1ccsc1C(Cc1ccccc1Br)NN. The van der Waals surface area contributed by atoms with E-state index in [1.165, 1.54) is 16.0 Å². The van der Waals surface area contributed by atoms with Gasteiger partial charge in [-0.25, -0.2) is 0 Å². The number of thiophene rings is 1. The summed E-state index contributed by atoms with van der Waals surface area (Å²) >= 11 is 5.32. The molecule has 0 fully saturated rings. The molecule has 0 radical (unpaired) electrons. The molecule has 1 unspecified atom stereocenters. The second kappa shape index (κ2) is 5.78. The van der Waals surface area contributed by atoms with E-state index in [-0.39, 0.29) is 6.04 Å². The number of rotatable bonds is 4. The first-order valence-electron chi connectivity index (χ1n) is 5.46. The molecule has 0 spiro atoms. The number of hydrogen-bond acceptors (Lipinski definition) is 3. The van der Waals surface area contributed by atoms with Crippen LogP contribution in [0.25, 0.3) is 0 Å². The van der Waals surface area contributed by atoms with Gasteiger partial charge in [-0.05, 0) is 42.0 Å². The minimum atomic E-state index is 0.175. The Hall–Kier alpha value is -0.680. The normalized spacial score (nSPS) is 12.6. The standard InChI is InChI=1S/C13H15BrN2S/c1-9-6-7-17-13(9)12(16-15)8-10-4-2-3-5-11(10)14/h2-7,12,16H,8,15H2,1H3. The lowest BCUT2D eigenvalue weighted by atomic mass is 10.0. The van der Waals surface area contributed by atoms with Gasteiger partial charge in [0.05, 0.1) is 6.04 Å². The van der Waals surface area contributed by atoms with Crippen LogP contribution in [-0.4, -0.2) is 0 Å². The molecule has 17 heavy (non-hydrogen) atoms. The first-order valence-corrected chi connectivity index (χ1v) is 7.13. The van der Waals surface area contributed by atoms with Crippen LogP contribution < -0.4 is 11.3 Å². The highest BCUT2D eigenvalue weighted by atomic mass is 79.9. The number of hydrazine groups is 1. The van der Waals surface area contributed by atoms with Crippen molar-refractivity contribution in [3.63, 3.8) is 0 Å². The van der Waals surface area contributed by atoms with E-state index in [1.807, 2.05) is 6.07 Å². The maximum Gasteiger partial charge on any atom is 0.0596 e. The summed E-state index contributed by atoms with van der Waals surface area (Å²) in [5.74, 6) is 5.67. The Morgan fingerprint density at radius 3 is 2.71 bits per heavy atom. The highest BCUT2D eigenvalue weighted by Crippen LogP contribution is 2.28. The van der Waals surface area contributed by atoms with Gasteiger partial charge in [-0.1, -0.05) is 34.1 Å². The predicted molar refractivity (Wildman–Crippen MR) is 77.0 cm³/mol. The summed E-state index contributed by atoms with van der Waals surface area (Å²) in [4.78, 5) is 1.31. The topological polar surface area (TPSA) is 38.0 Å². The number of nitrogens with two attached hydrogens (primary N) is 1. The van der Waals surface area contributed by atoms with E-state index in [0.29, 0.717) is 0 Å². The number of nitrogens with one attached hydrogen (secondary N) is 1. The Morgan fingerprint density at radius 1 is 1.35 bits per heavy atom. The number of halogens is 1. The van der Waals surface area contributed by atoms with Crippen LogP contribution in [0.4, 0.5) is 0 Å². The van der Waals surface area contributed by atoms with E-state index in [0.717, 1.165) is 10.9 Å². The molecule has 0 bridgehead atoms. The fourth-order valence-electron chi connectivity index (χ4n) is 1.85. The van der Waals surface area contributed by atoms with Crippen LogP contribution in [0.1, 0.15) is 22.0 Å². The van der Waals surface area contributed by atoms with Crippen molar-refractivity contribution in [2.24, 2.45) is 5.84 Å². The molecule has 0 saturated heterocycles. The van der Waals surface area contributed by atoms with Crippen LogP contribution >= 0.6 is 27.3 Å². The fourth-order valence-corrected chi connectivity index (χ4v) is 3.29. The molecule has 1 heterocycles. The molecule has 2 aromatic rings. The van der Waals surface area contributed by atoms with Crippen LogP contribution in [0.5, 0.6) is 0 Å². The van der Waals surface area contributed by atoms with E-state index < -0.39 is 0 Å². The molecule has 0 aliphatic carbocycles. The zero-order valence-corrected chi connectivity index (χ0v) is 12.0. The molecule has 90 valence electrons. The highest BCUT2D eigenvalue weighted by Gasteiger charge is 2.15. The summed E-state index contributed by atoms with van der Waals surface area (Å²) in [5, 5.41) is 2.11. The number of benzene rings is 1. The summed E-state index contributed by atoms with van der Waals surface area (Å²) in [7, 11) is 0. The molecule has 1 aromatic carbocycles. The van der Waals surface area contributed by atoms with Crippen molar-refractivity contribution in [1.82, 2.24) is 5.43 Å². The minimum absolute atomic E-state index is 0.175. The molecule has 3 N–H and O–H groups in total. The monoisotopic (exact) mass is 310 g/mol. The Morgan fingerprint density at radius 2 is 2.12 bits per heavy atom. The van der Waals surface area contributed by atoms with Gasteiger partial charge in [-0.3, -0.25) is 11.3 Å². The molecule has 1 aromatic heterocycles. The Labute approximate surface area is 114 Å². The maximum atomic E-state index is 5.67. The zero-order chi connectivity index (χ0) is 12.3. The summed E-state index contributed by atoms with van der Waals surface area (Å²) in [6.07, 6.45) is 0.888. The third-order valence-electron chi connectivity index (χ3n) is 2.80. The molecule has 2 nitrogen and oxygen atoms in total. The van der Waals surface area contributed by atoms with Gasteiger partial charge in [-0.15, -0.1) is 11.3 Å². The maximum absolute atomic E-state index is 5.67. The van der Waals surface area contributed by atoms with Crippen molar-refractivity contribution in [3.8, 4) is 0 Å². The number of aryl methyl sites for hydroxylation is 1. The second-order valence-electron chi connectivity index (χ2n) is 3.98. The van der Waals surface area contributed by atoms with Crippen molar-refractivity contribution in [3.05, 3.63) is 56.2 Å². The molecule has 0 amide bonds. The summed E-state index contributed by atoms with van der Waals surface area (Å²) in [6, 6.07) is 10.6. The summed E-state index contributed by atoms with van der Waals surface area (Å²) in [6.45, 7) is 2.12. The zero-order valence-electron chi connectivity index (χ0n) is 9.61. The minimum Gasteiger partial charge on any atom is -0.271 e. The molecule has 0 aliphatic heterocycles. The quantitative estimate of drug-likeness (QED) is 0.669. The van der Waals surface area contributed by atoms with E-state index in [9.17, 15) is 0 Å². The van der Waals surface area contributed by atoms with E-state index in [1.54, 1.807) is 11.3 Å². The third kappa shape index (κ3) is 2.96. The van der Waals surface area contributed by atoms with Gasteiger partial charge in [-0.2, -0.15) is 0 Å².